The molecule has 12 heteroatoms. The van der Waals surface area contributed by atoms with Crippen molar-refractivity contribution < 1.29 is 41.8 Å². The summed E-state index contributed by atoms with van der Waals surface area (Å²) in [5.41, 5.74) is 0.912. The number of phenols is 1. The van der Waals surface area contributed by atoms with E-state index in [9.17, 15) is 41.8 Å². The molecule has 0 spiro atoms. The van der Waals surface area contributed by atoms with Crippen LogP contribution in [0, 0.1) is 11.6 Å². The van der Waals surface area contributed by atoms with Gasteiger partial charge in [0.05, 0.1) is 28.2 Å². The van der Waals surface area contributed by atoms with Crippen molar-refractivity contribution in [3.05, 3.63) is 107 Å². The average molecular weight is 553 g/mol. The Labute approximate surface area is 222 Å². The number of anilines is 3. The maximum Gasteiger partial charge on any atom is 0.416 e. The molecule has 4 aromatic carbocycles. The van der Waals surface area contributed by atoms with Gasteiger partial charge in [-0.05, 0) is 54.1 Å². The maximum absolute atomic E-state index is 14.0. The first-order valence-electron chi connectivity index (χ1n) is 11.5. The van der Waals surface area contributed by atoms with Crippen molar-refractivity contribution in [1.29, 1.82) is 0 Å². The standard InChI is InChI=1S/C28H16F5N3O4/c29-17-11-18(30)13-19(12-17)36-23-10-16(28(31,32)33)7-8-21(23)24(26(36)38)35-34-22-6-2-5-20(25(22)37)14-3-1-4-15(9-14)27(39)40/h1-13,34,37H,(H,39,40). The number of hydrogen-bond donors (Lipinski definition) is 3. The third-order valence-corrected chi connectivity index (χ3v) is 6.08. The molecule has 7 nitrogen and oxygen atoms in total. The zero-order valence-electron chi connectivity index (χ0n) is 20.0. The Hall–Kier alpha value is -5.26. The molecular formula is C28H16F5N3O4. The van der Waals surface area contributed by atoms with Crippen LogP contribution in [-0.2, 0) is 11.0 Å². The number of fused-ring (bicyclic) bond motifs is 1. The quantitative estimate of drug-likeness (QED) is 0.148. The van der Waals surface area contributed by atoms with Crippen LogP contribution in [0.4, 0.5) is 39.0 Å². The number of nitrogens with one attached hydrogen (secondary N) is 1. The molecule has 1 aliphatic rings. The number of aromatic carboxylic acids is 1. The van der Waals surface area contributed by atoms with Crippen LogP contribution in [0.15, 0.2) is 84.0 Å². The number of rotatable bonds is 5. The van der Waals surface area contributed by atoms with E-state index in [4.69, 9.17) is 0 Å². The maximum atomic E-state index is 14.0. The number of carbonyl (C=O) groups is 2. The predicted octanol–water partition coefficient (Wildman–Crippen LogP) is 6.55. The highest BCUT2D eigenvalue weighted by molar-refractivity contribution is 6.55. The van der Waals surface area contributed by atoms with Gasteiger partial charge < -0.3 is 10.2 Å². The number of nitrogens with zero attached hydrogens (tertiary/aromatic N) is 2. The monoisotopic (exact) mass is 553 g/mol. The normalized spacial score (nSPS) is 14.0. The molecule has 1 amide bonds. The van der Waals surface area contributed by atoms with Gasteiger partial charge in [-0.25, -0.2) is 13.6 Å². The van der Waals surface area contributed by atoms with E-state index in [1.807, 2.05) is 0 Å². The van der Waals surface area contributed by atoms with Crippen LogP contribution in [0.5, 0.6) is 5.75 Å². The Morgan fingerprint density at radius 1 is 0.875 bits per heavy atom. The van der Waals surface area contributed by atoms with Gasteiger partial charge in [-0.1, -0.05) is 24.3 Å². The molecule has 1 heterocycles. The summed E-state index contributed by atoms with van der Waals surface area (Å²) < 4.78 is 68.2. The van der Waals surface area contributed by atoms with Crippen LogP contribution in [-0.4, -0.2) is 27.8 Å². The van der Waals surface area contributed by atoms with Gasteiger partial charge in [0.15, 0.2) is 5.71 Å². The molecule has 0 atom stereocenters. The minimum atomic E-state index is -4.76. The second kappa shape index (κ2) is 9.80. The molecule has 0 fully saturated rings. The fourth-order valence-electron chi connectivity index (χ4n) is 4.26. The molecule has 0 bridgehead atoms. The van der Waals surface area contributed by atoms with Crippen LogP contribution in [0.1, 0.15) is 21.5 Å². The van der Waals surface area contributed by atoms with E-state index >= 15 is 0 Å². The molecule has 0 saturated carbocycles. The van der Waals surface area contributed by atoms with Gasteiger partial charge in [0.25, 0.3) is 5.91 Å². The number of hydrogen-bond acceptors (Lipinski definition) is 5. The second-order valence-electron chi connectivity index (χ2n) is 8.66. The number of carboxylic acids is 1. The Morgan fingerprint density at radius 2 is 1.57 bits per heavy atom. The van der Waals surface area contributed by atoms with Gasteiger partial charge in [0, 0.05) is 17.2 Å². The SMILES string of the molecule is O=C(O)c1cccc(-c2cccc(NN=C3C(=O)N(c4cc(F)cc(F)c4)c4cc(C(F)(F)F)ccc43)c2O)c1. The summed E-state index contributed by atoms with van der Waals surface area (Å²) in [6.45, 7) is 0. The van der Waals surface area contributed by atoms with Crippen molar-refractivity contribution in [2.24, 2.45) is 5.10 Å². The molecule has 202 valence electrons. The van der Waals surface area contributed by atoms with Gasteiger partial charge >= 0.3 is 12.1 Å². The minimum absolute atomic E-state index is 0.0118. The highest BCUT2D eigenvalue weighted by atomic mass is 19.4. The number of hydrazone groups is 1. The molecule has 0 aromatic heterocycles. The van der Waals surface area contributed by atoms with Crippen LogP contribution in [0.25, 0.3) is 11.1 Å². The number of halogens is 5. The summed E-state index contributed by atoms with van der Waals surface area (Å²) in [6, 6.07) is 14.8. The van der Waals surface area contributed by atoms with Crippen LogP contribution < -0.4 is 10.3 Å². The molecule has 4 aromatic rings. The summed E-state index contributed by atoms with van der Waals surface area (Å²) in [5, 5.41) is 24.1. The molecule has 0 radical (unpaired) electrons. The summed E-state index contributed by atoms with van der Waals surface area (Å²) in [6.07, 6.45) is -4.76. The average Bonchev–Trinajstić information content (AvgIpc) is 3.17. The summed E-state index contributed by atoms with van der Waals surface area (Å²) in [7, 11) is 0. The van der Waals surface area contributed by atoms with E-state index in [1.54, 1.807) is 6.07 Å². The lowest BCUT2D eigenvalue weighted by molar-refractivity contribution is -0.137. The van der Waals surface area contributed by atoms with E-state index in [0.29, 0.717) is 22.6 Å². The van der Waals surface area contributed by atoms with Gasteiger partial charge in [-0.15, -0.1) is 0 Å². The molecule has 40 heavy (non-hydrogen) atoms. The van der Waals surface area contributed by atoms with Gasteiger partial charge in [0.2, 0.25) is 0 Å². The number of aromatic hydroxyl groups is 1. The Morgan fingerprint density at radius 3 is 2.25 bits per heavy atom. The molecule has 3 N–H and O–H groups in total. The number of alkyl halides is 3. The molecule has 1 aliphatic heterocycles. The van der Waals surface area contributed by atoms with Crippen LogP contribution >= 0.6 is 0 Å². The first kappa shape index (κ1) is 26.4. The smallest absolute Gasteiger partial charge is 0.416 e. The number of benzene rings is 4. The largest absolute Gasteiger partial charge is 0.505 e. The fraction of sp³-hybridized carbons (Fsp3) is 0.0357. The topological polar surface area (TPSA) is 102 Å². The van der Waals surface area contributed by atoms with Gasteiger partial charge in [-0.3, -0.25) is 15.1 Å². The van der Waals surface area contributed by atoms with Crippen molar-refractivity contribution in [2.45, 2.75) is 6.18 Å². The van der Waals surface area contributed by atoms with Crippen molar-refractivity contribution in [3.8, 4) is 16.9 Å². The summed E-state index contributed by atoms with van der Waals surface area (Å²) in [4.78, 5) is 25.4. The molecular weight excluding hydrogens is 537 g/mol. The number of phenolic OH excluding ortho intramolecular Hbond substituents is 1. The summed E-state index contributed by atoms with van der Waals surface area (Å²) in [5.74, 6) is -4.59. The van der Waals surface area contributed by atoms with Crippen molar-refractivity contribution in [3.63, 3.8) is 0 Å². The first-order valence-corrected chi connectivity index (χ1v) is 11.5. The second-order valence-corrected chi connectivity index (χ2v) is 8.66. The third kappa shape index (κ3) is 4.82. The molecule has 5 rings (SSSR count). The zero-order chi connectivity index (χ0) is 28.8. The van der Waals surface area contributed by atoms with E-state index in [2.05, 4.69) is 10.5 Å². The lowest BCUT2D eigenvalue weighted by Gasteiger charge is -2.18. The highest BCUT2D eigenvalue weighted by Crippen LogP contribution is 2.41. The summed E-state index contributed by atoms with van der Waals surface area (Å²) >= 11 is 0. The van der Waals surface area contributed by atoms with E-state index < -0.39 is 35.3 Å². The number of carboxylic acid groups (broad SMARTS) is 1. The highest BCUT2D eigenvalue weighted by Gasteiger charge is 2.39. The van der Waals surface area contributed by atoms with E-state index in [0.717, 1.165) is 24.3 Å². The van der Waals surface area contributed by atoms with E-state index in [-0.39, 0.29) is 45.2 Å². The van der Waals surface area contributed by atoms with E-state index in [1.165, 1.54) is 36.4 Å². The Balaban J connectivity index is 1.57. The van der Waals surface area contributed by atoms with Gasteiger partial charge in [-0.2, -0.15) is 18.3 Å². The van der Waals surface area contributed by atoms with Crippen molar-refractivity contribution in [1.82, 2.24) is 0 Å². The zero-order valence-corrected chi connectivity index (χ0v) is 20.0. The lowest BCUT2D eigenvalue weighted by Crippen LogP contribution is -2.26. The number of amides is 1. The first-order chi connectivity index (χ1) is 18.9. The van der Waals surface area contributed by atoms with Crippen molar-refractivity contribution in [2.75, 3.05) is 10.3 Å². The number of para-hydroxylation sites is 1. The molecule has 0 aliphatic carbocycles. The van der Waals surface area contributed by atoms with Crippen LogP contribution in [0.3, 0.4) is 0 Å². The van der Waals surface area contributed by atoms with Crippen molar-refractivity contribution >= 4 is 34.7 Å². The Bertz CT molecular complexity index is 1700. The predicted molar refractivity (Wildman–Crippen MR) is 136 cm³/mol. The van der Waals surface area contributed by atoms with Gasteiger partial charge in [0.1, 0.15) is 17.4 Å². The molecule has 0 saturated heterocycles. The van der Waals surface area contributed by atoms with Crippen LogP contribution in [0.2, 0.25) is 0 Å². The molecule has 0 unspecified atom stereocenters. The fourth-order valence-corrected chi connectivity index (χ4v) is 4.26. The Kier molecular flexibility index (Phi) is 6.46. The minimum Gasteiger partial charge on any atom is -0.505 e. The third-order valence-electron chi connectivity index (χ3n) is 6.08. The lowest BCUT2D eigenvalue weighted by atomic mass is 10.0. The number of carbonyl (C=O) groups excluding carboxylic acids is 1.